The van der Waals surface area contributed by atoms with Crippen LogP contribution in [0.25, 0.3) is 0 Å². The molecular formula is C20H25N3O3. The van der Waals surface area contributed by atoms with Crippen molar-refractivity contribution in [3.05, 3.63) is 30.1 Å². The van der Waals surface area contributed by atoms with Crippen molar-refractivity contribution in [1.82, 2.24) is 15.0 Å². The summed E-state index contributed by atoms with van der Waals surface area (Å²) in [5, 5.41) is 3.74. The third-order valence-corrected chi connectivity index (χ3v) is 4.54. The van der Waals surface area contributed by atoms with E-state index in [1.54, 1.807) is 31.3 Å². The molecule has 0 unspecified atom stereocenters. The maximum atomic E-state index is 12.5. The number of Topliss-reactive ketones (excluding diaryl/α,β-unsaturated/α-hetero) is 1. The Bertz CT molecular complexity index is 704. The lowest BCUT2D eigenvalue weighted by Gasteiger charge is -2.30. The summed E-state index contributed by atoms with van der Waals surface area (Å²) in [5.74, 6) is 5.65. The summed E-state index contributed by atoms with van der Waals surface area (Å²) in [5.41, 5.74) is 0.138. The Morgan fingerprint density at radius 2 is 2.15 bits per heavy atom. The van der Waals surface area contributed by atoms with E-state index in [-0.39, 0.29) is 5.91 Å². The van der Waals surface area contributed by atoms with Crippen molar-refractivity contribution < 1.29 is 14.4 Å². The lowest BCUT2D eigenvalue weighted by atomic mass is 9.85. The van der Waals surface area contributed by atoms with Crippen molar-refractivity contribution in [2.75, 3.05) is 19.6 Å². The molecule has 1 amide bonds. The molecule has 1 aromatic heterocycles. The summed E-state index contributed by atoms with van der Waals surface area (Å²) in [7, 11) is 0. The highest BCUT2D eigenvalue weighted by atomic mass is 16.2. The summed E-state index contributed by atoms with van der Waals surface area (Å²) in [6.45, 7) is 5.59. The molecule has 6 nitrogen and oxygen atoms in total. The molecule has 0 aromatic carbocycles. The summed E-state index contributed by atoms with van der Waals surface area (Å²) in [6.07, 6.45) is 6.08. The van der Waals surface area contributed by atoms with Crippen LogP contribution in [-0.2, 0) is 14.4 Å². The van der Waals surface area contributed by atoms with E-state index in [0.717, 1.165) is 18.5 Å². The van der Waals surface area contributed by atoms with Crippen LogP contribution in [0.4, 0.5) is 0 Å². The molecule has 0 N–H and O–H groups in total. The Hall–Kier alpha value is -2.52. The van der Waals surface area contributed by atoms with Gasteiger partial charge in [-0.25, -0.2) is 5.01 Å². The smallest absolute Gasteiger partial charge is 0.237 e. The summed E-state index contributed by atoms with van der Waals surface area (Å²) < 4.78 is 0. The highest BCUT2D eigenvalue weighted by Gasteiger charge is 2.31. The minimum atomic E-state index is -0.700. The number of rotatable bonds is 7. The fourth-order valence-electron chi connectivity index (χ4n) is 2.77. The molecule has 6 heteroatoms. The van der Waals surface area contributed by atoms with E-state index >= 15 is 0 Å². The van der Waals surface area contributed by atoms with Crippen LogP contribution in [0, 0.1) is 17.3 Å². The molecule has 26 heavy (non-hydrogen) atoms. The standard InChI is InChI=1S/C20H25N3O3/c1-20(2,18(25)16-24)10-14-22-12-6-13-23(22)19(26)9-4-3-7-17-8-5-11-21-15-17/h5,8,11,15-16H,4,6,9-10,12-14H2,1-2H3. The van der Waals surface area contributed by atoms with Gasteiger partial charge in [-0.05, 0) is 25.0 Å². The highest BCUT2D eigenvalue weighted by Crippen LogP contribution is 2.23. The van der Waals surface area contributed by atoms with Gasteiger partial charge in [-0.3, -0.25) is 24.4 Å². The average Bonchev–Trinajstić information content (AvgIpc) is 3.12. The van der Waals surface area contributed by atoms with Crippen molar-refractivity contribution in [2.24, 2.45) is 5.41 Å². The van der Waals surface area contributed by atoms with Crippen molar-refractivity contribution in [3.63, 3.8) is 0 Å². The number of amides is 1. The molecule has 0 atom stereocenters. The Morgan fingerprint density at radius 1 is 1.35 bits per heavy atom. The lowest BCUT2D eigenvalue weighted by molar-refractivity contribution is -0.144. The zero-order valence-corrected chi connectivity index (χ0v) is 15.4. The van der Waals surface area contributed by atoms with Gasteiger partial charge in [0.15, 0.2) is 6.29 Å². The van der Waals surface area contributed by atoms with Crippen molar-refractivity contribution in [2.45, 2.75) is 39.5 Å². The van der Waals surface area contributed by atoms with E-state index in [0.29, 0.717) is 38.6 Å². The SMILES string of the molecule is CC(C)(CCN1CCCN1C(=O)CCC#Cc1cccnc1)C(=O)C=O. The third kappa shape index (κ3) is 5.50. The Kier molecular flexibility index (Phi) is 7.05. The van der Waals surface area contributed by atoms with Crippen LogP contribution in [0.5, 0.6) is 0 Å². The predicted octanol–water partition coefficient (Wildman–Crippen LogP) is 1.85. The second-order valence-electron chi connectivity index (χ2n) is 6.98. The van der Waals surface area contributed by atoms with E-state index in [4.69, 9.17) is 0 Å². The van der Waals surface area contributed by atoms with Gasteiger partial charge in [-0.15, -0.1) is 0 Å². The second-order valence-corrected chi connectivity index (χ2v) is 6.98. The summed E-state index contributed by atoms with van der Waals surface area (Å²) >= 11 is 0. The first-order valence-corrected chi connectivity index (χ1v) is 8.88. The van der Waals surface area contributed by atoms with Crippen LogP contribution in [0.1, 0.15) is 45.1 Å². The molecule has 1 aliphatic heterocycles. The highest BCUT2D eigenvalue weighted by molar-refractivity contribution is 6.27. The Balaban J connectivity index is 1.83. The van der Waals surface area contributed by atoms with E-state index < -0.39 is 11.2 Å². The van der Waals surface area contributed by atoms with Crippen molar-refractivity contribution in [3.8, 4) is 11.8 Å². The topological polar surface area (TPSA) is 70.6 Å². The van der Waals surface area contributed by atoms with Crippen LogP contribution in [-0.4, -0.2) is 52.6 Å². The fourth-order valence-corrected chi connectivity index (χ4v) is 2.77. The molecule has 0 radical (unpaired) electrons. The molecule has 0 aliphatic carbocycles. The zero-order valence-electron chi connectivity index (χ0n) is 15.4. The number of hydrogen-bond donors (Lipinski definition) is 0. The first-order valence-electron chi connectivity index (χ1n) is 8.88. The van der Waals surface area contributed by atoms with Crippen LogP contribution in [0.3, 0.4) is 0 Å². The van der Waals surface area contributed by atoms with E-state index in [2.05, 4.69) is 16.8 Å². The number of ketones is 1. The van der Waals surface area contributed by atoms with Crippen LogP contribution < -0.4 is 0 Å². The lowest BCUT2D eigenvalue weighted by Crippen LogP contribution is -2.43. The molecule has 0 bridgehead atoms. The molecule has 138 valence electrons. The molecule has 1 fully saturated rings. The maximum absolute atomic E-state index is 12.5. The molecule has 0 saturated carbocycles. The van der Waals surface area contributed by atoms with Gasteiger partial charge in [-0.1, -0.05) is 25.7 Å². The first kappa shape index (κ1) is 19.8. The first-order chi connectivity index (χ1) is 12.4. The molecule has 2 heterocycles. The Labute approximate surface area is 154 Å². The van der Waals surface area contributed by atoms with Crippen molar-refractivity contribution in [1.29, 1.82) is 0 Å². The van der Waals surface area contributed by atoms with Crippen molar-refractivity contribution >= 4 is 18.0 Å². The van der Waals surface area contributed by atoms with Gasteiger partial charge < -0.3 is 0 Å². The van der Waals surface area contributed by atoms with Gasteiger partial charge in [-0.2, -0.15) is 0 Å². The third-order valence-electron chi connectivity index (χ3n) is 4.54. The minimum absolute atomic E-state index is 0.0440. The molecule has 1 saturated heterocycles. The van der Waals surface area contributed by atoms with Gasteiger partial charge >= 0.3 is 0 Å². The van der Waals surface area contributed by atoms with Gasteiger partial charge in [0.05, 0.1) is 0 Å². The van der Waals surface area contributed by atoms with Gasteiger partial charge in [0, 0.05) is 55.8 Å². The van der Waals surface area contributed by atoms with Gasteiger partial charge in [0.25, 0.3) is 0 Å². The van der Waals surface area contributed by atoms with E-state index in [9.17, 15) is 14.4 Å². The van der Waals surface area contributed by atoms with E-state index in [1.165, 1.54) is 0 Å². The molecule has 2 rings (SSSR count). The van der Waals surface area contributed by atoms with Crippen LogP contribution >= 0.6 is 0 Å². The van der Waals surface area contributed by atoms with Gasteiger partial charge in [0.2, 0.25) is 11.7 Å². The number of aldehydes is 1. The largest absolute Gasteiger partial charge is 0.295 e. The number of carbonyl (C=O) groups is 3. The summed E-state index contributed by atoms with van der Waals surface area (Å²) in [6, 6.07) is 3.71. The van der Waals surface area contributed by atoms with E-state index in [1.807, 2.05) is 17.1 Å². The molecule has 1 aromatic rings. The zero-order chi connectivity index (χ0) is 19.0. The van der Waals surface area contributed by atoms with Crippen LogP contribution in [0.15, 0.2) is 24.5 Å². The normalized spacial score (nSPS) is 14.6. The number of hydrogen-bond acceptors (Lipinski definition) is 5. The molecule has 0 spiro atoms. The molecular weight excluding hydrogens is 330 g/mol. The number of aromatic nitrogens is 1. The number of carbonyl (C=O) groups excluding carboxylic acids is 3. The fraction of sp³-hybridized carbons (Fsp3) is 0.500. The number of nitrogens with zero attached hydrogens (tertiary/aromatic N) is 3. The predicted molar refractivity (Wildman–Crippen MR) is 97.7 cm³/mol. The monoisotopic (exact) mass is 355 g/mol. The number of hydrazine groups is 1. The second kappa shape index (κ2) is 9.25. The molecule has 1 aliphatic rings. The van der Waals surface area contributed by atoms with Gasteiger partial charge in [0.1, 0.15) is 0 Å². The van der Waals surface area contributed by atoms with Crippen LogP contribution in [0.2, 0.25) is 0 Å². The average molecular weight is 355 g/mol. The Morgan fingerprint density at radius 3 is 2.85 bits per heavy atom. The quantitative estimate of drug-likeness (QED) is 0.424. The summed E-state index contributed by atoms with van der Waals surface area (Å²) in [4.78, 5) is 38.8. The maximum Gasteiger partial charge on any atom is 0.237 e. The number of pyridine rings is 1. The minimum Gasteiger partial charge on any atom is -0.295 e.